The Bertz CT molecular complexity index is 447. The first kappa shape index (κ1) is 15.1. The molecule has 0 unspecified atom stereocenters. The molecular weight excluding hydrogens is 271 g/mol. The Morgan fingerprint density at radius 2 is 1.83 bits per heavy atom. The molecule has 100 valence electrons. The van der Waals surface area contributed by atoms with Crippen molar-refractivity contribution in [1.29, 1.82) is 0 Å². The topological polar surface area (TPSA) is 52.7 Å². The molecule has 0 aliphatic carbocycles. The second-order valence-corrected chi connectivity index (χ2v) is 4.27. The molecule has 1 fully saturated rings. The van der Waals surface area contributed by atoms with Crippen molar-refractivity contribution in [3.05, 3.63) is 24.3 Å². The molecule has 6 heteroatoms. The molecule has 1 aliphatic heterocycles. The van der Waals surface area contributed by atoms with Crippen LogP contribution in [0.4, 0.5) is 5.95 Å². The Morgan fingerprint density at radius 1 is 1.11 bits per heavy atom. The van der Waals surface area contributed by atoms with Crippen molar-refractivity contribution in [3.63, 3.8) is 0 Å². The van der Waals surface area contributed by atoms with Gasteiger partial charge >= 0.3 is 0 Å². The molecule has 1 aromatic carbocycles. The van der Waals surface area contributed by atoms with Gasteiger partial charge in [0, 0.05) is 6.04 Å². The molecular formula is C12H18Cl2N4. The summed E-state index contributed by atoms with van der Waals surface area (Å²) in [5, 5.41) is 6.82. The minimum atomic E-state index is 0. The van der Waals surface area contributed by atoms with Crippen LogP contribution >= 0.6 is 24.8 Å². The molecule has 0 spiro atoms. The third-order valence-electron chi connectivity index (χ3n) is 3.07. The van der Waals surface area contributed by atoms with Crippen LogP contribution in [0.2, 0.25) is 0 Å². The number of nitrogens with one attached hydrogen (secondary N) is 3. The van der Waals surface area contributed by atoms with Crippen LogP contribution in [0.5, 0.6) is 0 Å². The summed E-state index contributed by atoms with van der Waals surface area (Å²) < 4.78 is 0. The number of hydrogen-bond acceptors (Lipinski definition) is 3. The van der Waals surface area contributed by atoms with Crippen LogP contribution in [0.15, 0.2) is 24.3 Å². The smallest absolute Gasteiger partial charge is 0.201 e. The van der Waals surface area contributed by atoms with Gasteiger partial charge in [0.05, 0.1) is 11.0 Å². The SMILES string of the molecule is Cl.Cl.c1ccc2[nH]c(NC3CCNCC3)nc2c1. The molecule has 0 radical (unpaired) electrons. The quantitative estimate of drug-likeness (QED) is 0.796. The Labute approximate surface area is 119 Å². The minimum absolute atomic E-state index is 0. The Hall–Kier alpha value is -0.970. The third-order valence-corrected chi connectivity index (χ3v) is 3.07. The van der Waals surface area contributed by atoms with E-state index in [4.69, 9.17) is 0 Å². The van der Waals surface area contributed by atoms with E-state index in [-0.39, 0.29) is 24.8 Å². The largest absolute Gasteiger partial charge is 0.353 e. The lowest BCUT2D eigenvalue weighted by atomic mass is 10.1. The van der Waals surface area contributed by atoms with Crippen LogP contribution in [-0.2, 0) is 0 Å². The van der Waals surface area contributed by atoms with Crippen LogP contribution in [0, 0.1) is 0 Å². The molecule has 1 aliphatic rings. The molecule has 3 N–H and O–H groups in total. The lowest BCUT2D eigenvalue weighted by Gasteiger charge is -2.23. The van der Waals surface area contributed by atoms with Crippen molar-refractivity contribution in [3.8, 4) is 0 Å². The first-order valence-electron chi connectivity index (χ1n) is 5.84. The third kappa shape index (κ3) is 3.28. The van der Waals surface area contributed by atoms with Gasteiger partial charge in [-0.1, -0.05) is 12.1 Å². The highest BCUT2D eigenvalue weighted by atomic mass is 35.5. The van der Waals surface area contributed by atoms with Gasteiger partial charge in [-0.25, -0.2) is 4.98 Å². The molecule has 0 amide bonds. The van der Waals surface area contributed by atoms with Crippen molar-refractivity contribution in [2.24, 2.45) is 0 Å². The maximum Gasteiger partial charge on any atom is 0.201 e. The number of aromatic nitrogens is 2. The summed E-state index contributed by atoms with van der Waals surface area (Å²) in [5.74, 6) is 0.896. The number of piperidine rings is 1. The van der Waals surface area contributed by atoms with Crippen molar-refractivity contribution in [2.45, 2.75) is 18.9 Å². The molecule has 2 aromatic rings. The number of benzene rings is 1. The van der Waals surface area contributed by atoms with E-state index < -0.39 is 0 Å². The zero-order valence-corrected chi connectivity index (χ0v) is 11.6. The summed E-state index contributed by atoms with van der Waals surface area (Å²) in [6, 6.07) is 8.66. The number of hydrogen-bond donors (Lipinski definition) is 3. The predicted octanol–water partition coefficient (Wildman–Crippen LogP) is 2.57. The number of nitrogens with zero attached hydrogens (tertiary/aromatic N) is 1. The van der Waals surface area contributed by atoms with E-state index in [1.54, 1.807) is 0 Å². The predicted molar refractivity (Wildman–Crippen MR) is 80.1 cm³/mol. The van der Waals surface area contributed by atoms with Crippen LogP contribution < -0.4 is 10.6 Å². The van der Waals surface area contributed by atoms with Gasteiger partial charge in [-0.3, -0.25) is 0 Å². The van der Waals surface area contributed by atoms with E-state index in [9.17, 15) is 0 Å². The van der Waals surface area contributed by atoms with Gasteiger partial charge in [-0.15, -0.1) is 24.8 Å². The van der Waals surface area contributed by atoms with Gasteiger partial charge in [0.1, 0.15) is 0 Å². The van der Waals surface area contributed by atoms with Crippen molar-refractivity contribution in [2.75, 3.05) is 18.4 Å². The monoisotopic (exact) mass is 288 g/mol. The Balaban J connectivity index is 0.000000810. The van der Waals surface area contributed by atoms with Crippen LogP contribution in [0.3, 0.4) is 0 Å². The molecule has 0 atom stereocenters. The van der Waals surface area contributed by atoms with Gasteiger partial charge in [-0.05, 0) is 38.1 Å². The fourth-order valence-corrected chi connectivity index (χ4v) is 2.18. The molecule has 3 rings (SSSR count). The average molecular weight is 289 g/mol. The number of rotatable bonds is 2. The zero-order valence-electron chi connectivity index (χ0n) is 9.98. The van der Waals surface area contributed by atoms with Crippen LogP contribution in [-0.4, -0.2) is 29.1 Å². The average Bonchev–Trinajstić information content (AvgIpc) is 2.72. The first-order valence-corrected chi connectivity index (χ1v) is 5.84. The van der Waals surface area contributed by atoms with Gasteiger partial charge in [0.2, 0.25) is 5.95 Å². The lowest BCUT2D eigenvalue weighted by molar-refractivity contribution is 0.477. The van der Waals surface area contributed by atoms with E-state index in [0.29, 0.717) is 6.04 Å². The zero-order chi connectivity index (χ0) is 10.8. The summed E-state index contributed by atoms with van der Waals surface area (Å²) in [5.41, 5.74) is 2.12. The standard InChI is InChI=1S/C12H16N4.2ClH/c1-2-4-11-10(3-1)15-12(16-11)14-9-5-7-13-8-6-9;;/h1-4,9,13H,5-8H2,(H2,14,15,16);2*1H. The second-order valence-electron chi connectivity index (χ2n) is 4.27. The maximum absolute atomic E-state index is 4.52. The first-order chi connectivity index (χ1) is 7.92. The maximum atomic E-state index is 4.52. The Morgan fingerprint density at radius 3 is 2.56 bits per heavy atom. The number of aromatic amines is 1. The second kappa shape index (κ2) is 6.83. The van der Waals surface area contributed by atoms with Crippen molar-refractivity contribution in [1.82, 2.24) is 15.3 Å². The molecule has 4 nitrogen and oxygen atoms in total. The van der Waals surface area contributed by atoms with Crippen LogP contribution in [0.1, 0.15) is 12.8 Å². The highest BCUT2D eigenvalue weighted by Crippen LogP contribution is 2.15. The number of halogens is 2. The lowest BCUT2D eigenvalue weighted by Crippen LogP contribution is -2.35. The summed E-state index contributed by atoms with van der Waals surface area (Å²) in [6.45, 7) is 2.19. The Kier molecular flexibility index (Phi) is 5.72. The van der Waals surface area contributed by atoms with Crippen molar-refractivity contribution < 1.29 is 0 Å². The molecule has 2 heterocycles. The normalized spacial score (nSPS) is 15.8. The van der Waals surface area contributed by atoms with Gasteiger partial charge in [0.15, 0.2) is 0 Å². The van der Waals surface area contributed by atoms with Crippen molar-refractivity contribution >= 4 is 41.8 Å². The fraction of sp³-hybridized carbons (Fsp3) is 0.417. The van der Waals surface area contributed by atoms with Gasteiger partial charge < -0.3 is 15.6 Å². The van der Waals surface area contributed by atoms with Gasteiger partial charge in [-0.2, -0.15) is 0 Å². The summed E-state index contributed by atoms with van der Waals surface area (Å²) in [4.78, 5) is 7.82. The van der Waals surface area contributed by atoms with E-state index in [1.807, 2.05) is 18.2 Å². The molecule has 18 heavy (non-hydrogen) atoms. The van der Waals surface area contributed by atoms with E-state index >= 15 is 0 Å². The van der Waals surface area contributed by atoms with E-state index in [1.165, 1.54) is 0 Å². The molecule has 0 bridgehead atoms. The number of H-pyrrole nitrogens is 1. The number of para-hydroxylation sites is 2. The summed E-state index contributed by atoms with van der Waals surface area (Å²) in [7, 11) is 0. The number of anilines is 1. The number of fused-ring (bicyclic) bond motifs is 1. The summed E-state index contributed by atoms with van der Waals surface area (Å²) in [6.07, 6.45) is 2.33. The fourth-order valence-electron chi connectivity index (χ4n) is 2.18. The van der Waals surface area contributed by atoms with E-state index in [0.717, 1.165) is 42.9 Å². The van der Waals surface area contributed by atoms with Gasteiger partial charge in [0.25, 0.3) is 0 Å². The highest BCUT2D eigenvalue weighted by molar-refractivity contribution is 5.85. The molecule has 1 saturated heterocycles. The summed E-state index contributed by atoms with van der Waals surface area (Å²) >= 11 is 0. The number of imidazole rings is 1. The highest BCUT2D eigenvalue weighted by Gasteiger charge is 2.13. The molecule has 0 saturated carbocycles. The molecule has 1 aromatic heterocycles. The minimum Gasteiger partial charge on any atom is -0.353 e. The van der Waals surface area contributed by atoms with Crippen LogP contribution in [0.25, 0.3) is 11.0 Å². The van der Waals surface area contributed by atoms with E-state index in [2.05, 4.69) is 26.7 Å².